The van der Waals surface area contributed by atoms with Crippen molar-refractivity contribution in [3.05, 3.63) is 34.9 Å². The van der Waals surface area contributed by atoms with E-state index in [1.54, 1.807) is 0 Å². The van der Waals surface area contributed by atoms with Crippen LogP contribution in [0.15, 0.2) is 18.2 Å². The molecule has 0 fully saturated rings. The summed E-state index contributed by atoms with van der Waals surface area (Å²) in [5.41, 5.74) is 3.35. The molecule has 0 aromatic heterocycles. The highest BCUT2D eigenvalue weighted by molar-refractivity contribution is 9.09. The molecule has 1 aromatic carbocycles. The van der Waals surface area contributed by atoms with Crippen molar-refractivity contribution in [1.29, 1.82) is 0 Å². The molecule has 0 aliphatic heterocycles. The van der Waals surface area contributed by atoms with Crippen molar-refractivity contribution in [3.8, 4) is 0 Å². The summed E-state index contributed by atoms with van der Waals surface area (Å²) in [6.45, 7) is 2.13. The molecule has 0 aliphatic rings. The number of ketones is 1. The second kappa shape index (κ2) is 6.44. The van der Waals surface area contributed by atoms with Gasteiger partial charge in [-0.2, -0.15) is 0 Å². The average molecular weight is 334 g/mol. The SMILES string of the molecule is CCc1ccc(C(=O)CCBr)cc1CBr. The van der Waals surface area contributed by atoms with Gasteiger partial charge in [-0.05, 0) is 23.6 Å². The van der Waals surface area contributed by atoms with Crippen molar-refractivity contribution in [2.24, 2.45) is 0 Å². The molecule has 1 nitrogen and oxygen atoms in total. The average Bonchev–Trinajstić information content (AvgIpc) is 2.28. The Balaban J connectivity index is 2.97. The summed E-state index contributed by atoms with van der Waals surface area (Å²) in [5, 5.41) is 1.54. The molecule has 0 saturated carbocycles. The van der Waals surface area contributed by atoms with Crippen molar-refractivity contribution in [2.75, 3.05) is 5.33 Å². The lowest BCUT2D eigenvalue weighted by atomic mass is 10.0. The summed E-state index contributed by atoms with van der Waals surface area (Å²) in [4.78, 5) is 11.7. The van der Waals surface area contributed by atoms with Crippen LogP contribution in [0.5, 0.6) is 0 Å². The van der Waals surface area contributed by atoms with Crippen LogP contribution in [-0.2, 0) is 11.8 Å². The van der Waals surface area contributed by atoms with Gasteiger partial charge in [-0.25, -0.2) is 0 Å². The van der Waals surface area contributed by atoms with Crippen molar-refractivity contribution in [1.82, 2.24) is 0 Å². The fourth-order valence-corrected chi connectivity index (χ4v) is 2.38. The number of rotatable bonds is 5. The number of alkyl halides is 2. The van der Waals surface area contributed by atoms with Gasteiger partial charge in [-0.15, -0.1) is 0 Å². The number of carbonyl (C=O) groups excluding carboxylic acids is 1. The normalized spacial score (nSPS) is 10.3. The first-order valence-electron chi connectivity index (χ1n) is 4.99. The van der Waals surface area contributed by atoms with E-state index >= 15 is 0 Å². The van der Waals surface area contributed by atoms with E-state index in [1.807, 2.05) is 12.1 Å². The van der Waals surface area contributed by atoms with E-state index in [0.29, 0.717) is 6.42 Å². The van der Waals surface area contributed by atoms with Crippen LogP contribution in [0.3, 0.4) is 0 Å². The lowest BCUT2D eigenvalue weighted by Gasteiger charge is -2.07. The number of hydrogen-bond acceptors (Lipinski definition) is 1. The lowest BCUT2D eigenvalue weighted by Crippen LogP contribution is -2.01. The molecule has 0 bridgehead atoms. The van der Waals surface area contributed by atoms with Gasteiger partial charge in [0.05, 0.1) is 0 Å². The summed E-state index contributed by atoms with van der Waals surface area (Å²) >= 11 is 6.73. The minimum Gasteiger partial charge on any atom is -0.294 e. The van der Waals surface area contributed by atoms with Crippen molar-refractivity contribution in [2.45, 2.75) is 25.1 Å². The Kier molecular flexibility index (Phi) is 5.54. The number of hydrogen-bond donors (Lipinski definition) is 0. The zero-order valence-electron chi connectivity index (χ0n) is 8.72. The Hall–Kier alpha value is -0.150. The van der Waals surface area contributed by atoms with E-state index in [1.165, 1.54) is 11.1 Å². The molecule has 0 N–H and O–H groups in total. The van der Waals surface area contributed by atoms with Gasteiger partial charge < -0.3 is 0 Å². The van der Waals surface area contributed by atoms with Gasteiger partial charge in [0.2, 0.25) is 0 Å². The van der Waals surface area contributed by atoms with Gasteiger partial charge in [0.1, 0.15) is 0 Å². The monoisotopic (exact) mass is 332 g/mol. The number of halogens is 2. The van der Waals surface area contributed by atoms with E-state index in [0.717, 1.165) is 22.6 Å². The summed E-state index contributed by atoms with van der Waals surface area (Å²) in [7, 11) is 0. The van der Waals surface area contributed by atoms with Crippen LogP contribution in [0.2, 0.25) is 0 Å². The zero-order chi connectivity index (χ0) is 11.3. The Morgan fingerprint density at radius 3 is 2.53 bits per heavy atom. The summed E-state index contributed by atoms with van der Waals surface area (Å²) in [6, 6.07) is 5.98. The van der Waals surface area contributed by atoms with E-state index < -0.39 is 0 Å². The maximum Gasteiger partial charge on any atom is 0.163 e. The van der Waals surface area contributed by atoms with Gasteiger partial charge in [0, 0.05) is 22.6 Å². The van der Waals surface area contributed by atoms with E-state index in [4.69, 9.17) is 0 Å². The van der Waals surface area contributed by atoms with Crippen molar-refractivity contribution >= 4 is 37.6 Å². The van der Waals surface area contributed by atoms with Gasteiger partial charge >= 0.3 is 0 Å². The maximum atomic E-state index is 11.7. The first-order valence-corrected chi connectivity index (χ1v) is 7.24. The molecule has 0 amide bonds. The Bertz CT molecular complexity index is 347. The molecule has 3 heteroatoms. The topological polar surface area (TPSA) is 17.1 Å². The lowest BCUT2D eigenvalue weighted by molar-refractivity contribution is 0.0990. The molecule has 82 valence electrons. The molecule has 15 heavy (non-hydrogen) atoms. The summed E-state index contributed by atoms with van der Waals surface area (Å²) in [5.74, 6) is 0.205. The predicted molar refractivity (Wildman–Crippen MR) is 71.2 cm³/mol. The molecule has 0 aliphatic carbocycles. The van der Waals surface area contributed by atoms with Crippen LogP contribution < -0.4 is 0 Å². The number of carbonyl (C=O) groups is 1. The third kappa shape index (κ3) is 3.42. The largest absolute Gasteiger partial charge is 0.294 e. The van der Waals surface area contributed by atoms with Gasteiger partial charge in [0.25, 0.3) is 0 Å². The van der Waals surface area contributed by atoms with Gasteiger partial charge in [-0.1, -0.05) is 50.9 Å². The molecule has 1 aromatic rings. The summed E-state index contributed by atoms with van der Waals surface area (Å²) in [6.07, 6.45) is 1.57. The minimum absolute atomic E-state index is 0.205. The summed E-state index contributed by atoms with van der Waals surface area (Å²) < 4.78 is 0. The zero-order valence-corrected chi connectivity index (χ0v) is 11.9. The third-order valence-corrected chi connectivity index (χ3v) is 3.38. The molecule has 0 spiro atoms. The number of benzene rings is 1. The van der Waals surface area contributed by atoms with Crippen LogP contribution in [0.4, 0.5) is 0 Å². The van der Waals surface area contributed by atoms with Crippen LogP contribution >= 0.6 is 31.9 Å². The van der Waals surface area contributed by atoms with E-state index in [2.05, 4.69) is 44.8 Å². The smallest absolute Gasteiger partial charge is 0.163 e. The fraction of sp³-hybridized carbons (Fsp3) is 0.417. The van der Waals surface area contributed by atoms with Crippen LogP contribution in [0.25, 0.3) is 0 Å². The van der Waals surface area contributed by atoms with Crippen molar-refractivity contribution < 1.29 is 4.79 Å². The standard InChI is InChI=1S/C12H14Br2O/c1-2-9-3-4-10(7-11(9)8-14)12(15)5-6-13/h3-4,7H,2,5-6,8H2,1H3. The highest BCUT2D eigenvalue weighted by Crippen LogP contribution is 2.17. The first kappa shape index (κ1) is 12.9. The van der Waals surface area contributed by atoms with Crippen LogP contribution in [-0.4, -0.2) is 11.1 Å². The van der Waals surface area contributed by atoms with Gasteiger partial charge in [0.15, 0.2) is 5.78 Å². The van der Waals surface area contributed by atoms with Crippen LogP contribution in [0.1, 0.15) is 34.8 Å². The Morgan fingerprint density at radius 2 is 2.00 bits per heavy atom. The van der Waals surface area contributed by atoms with Crippen LogP contribution in [0, 0.1) is 0 Å². The molecule has 0 unspecified atom stereocenters. The molecular formula is C12H14Br2O. The number of aryl methyl sites for hydroxylation is 1. The second-order valence-corrected chi connectivity index (χ2v) is 4.69. The quantitative estimate of drug-likeness (QED) is 0.585. The minimum atomic E-state index is 0.205. The predicted octanol–water partition coefficient (Wildman–Crippen LogP) is 4.11. The molecule has 0 radical (unpaired) electrons. The molecule has 0 saturated heterocycles. The molecule has 0 atom stereocenters. The maximum absolute atomic E-state index is 11.7. The molecule has 1 rings (SSSR count). The third-order valence-electron chi connectivity index (χ3n) is 2.37. The first-order chi connectivity index (χ1) is 7.22. The fourth-order valence-electron chi connectivity index (χ4n) is 1.50. The number of Topliss-reactive ketones (excluding diaryl/α,β-unsaturated/α-hetero) is 1. The highest BCUT2D eigenvalue weighted by Gasteiger charge is 2.07. The van der Waals surface area contributed by atoms with E-state index in [9.17, 15) is 4.79 Å². The Labute approximate surface area is 108 Å². The van der Waals surface area contributed by atoms with Crippen molar-refractivity contribution in [3.63, 3.8) is 0 Å². The second-order valence-electron chi connectivity index (χ2n) is 3.33. The molecular weight excluding hydrogens is 320 g/mol. The molecule has 0 heterocycles. The highest BCUT2D eigenvalue weighted by atomic mass is 79.9. The van der Waals surface area contributed by atoms with E-state index in [-0.39, 0.29) is 5.78 Å². The van der Waals surface area contributed by atoms with Gasteiger partial charge in [-0.3, -0.25) is 4.79 Å². The Morgan fingerprint density at radius 1 is 1.27 bits per heavy atom.